The van der Waals surface area contributed by atoms with Crippen molar-refractivity contribution in [3.05, 3.63) is 40.3 Å². The molecule has 0 spiro atoms. The molecule has 0 saturated heterocycles. The molecular formula is C18H25N6O2P. The second-order valence-electron chi connectivity index (χ2n) is 6.74. The molecule has 1 atom stereocenters. The van der Waals surface area contributed by atoms with Crippen LogP contribution in [0.15, 0.2) is 29.1 Å². The van der Waals surface area contributed by atoms with Crippen LogP contribution in [0.25, 0.3) is 11.2 Å². The Morgan fingerprint density at radius 3 is 2.89 bits per heavy atom. The fraction of sp³-hybridized carbons (Fsp3) is 0.333. The molecule has 0 bridgehead atoms. The van der Waals surface area contributed by atoms with Crippen LogP contribution in [0.5, 0.6) is 0 Å². The van der Waals surface area contributed by atoms with Crippen LogP contribution in [0.1, 0.15) is 25.3 Å². The number of nitrogens with one attached hydrogen (secondary N) is 2. The van der Waals surface area contributed by atoms with E-state index in [2.05, 4.69) is 33.5 Å². The summed E-state index contributed by atoms with van der Waals surface area (Å²) < 4.78 is 1.52. The number of benzene rings is 1. The predicted octanol–water partition coefficient (Wildman–Crippen LogP) is 1.57. The van der Waals surface area contributed by atoms with Crippen molar-refractivity contribution in [2.75, 3.05) is 24.3 Å². The van der Waals surface area contributed by atoms with Gasteiger partial charge in [0.15, 0.2) is 11.5 Å². The lowest BCUT2D eigenvalue weighted by Crippen LogP contribution is -2.18. The number of anilines is 2. The highest BCUT2D eigenvalue weighted by Crippen LogP contribution is 2.33. The Hall–Kier alpha value is -2.57. The van der Waals surface area contributed by atoms with Crippen LogP contribution in [0.3, 0.4) is 0 Å². The summed E-state index contributed by atoms with van der Waals surface area (Å²) in [5, 5.41) is 3.92. The van der Waals surface area contributed by atoms with Gasteiger partial charge in [-0.1, -0.05) is 37.8 Å². The van der Waals surface area contributed by atoms with E-state index in [4.69, 9.17) is 5.73 Å². The highest BCUT2D eigenvalue weighted by Gasteiger charge is 2.15. The van der Waals surface area contributed by atoms with E-state index in [9.17, 15) is 9.69 Å². The molecule has 8 nitrogen and oxygen atoms in total. The van der Waals surface area contributed by atoms with E-state index < -0.39 is 7.11 Å². The van der Waals surface area contributed by atoms with Gasteiger partial charge in [-0.3, -0.25) is 4.57 Å². The fourth-order valence-corrected chi connectivity index (χ4v) is 3.64. The molecule has 1 aromatic carbocycles. The van der Waals surface area contributed by atoms with Crippen molar-refractivity contribution in [1.82, 2.24) is 19.5 Å². The number of H-pyrrole nitrogens is 1. The SMILES string of the molecule is C=P(C)(O)c1cccc(Cn2c(=O)[nH]c3c(N)nc(NCCCC)nc32)c1. The Morgan fingerprint density at radius 2 is 2.19 bits per heavy atom. The van der Waals surface area contributed by atoms with E-state index in [0.29, 0.717) is 23.7 Å². The minimum atomic E-state index is -2.38. The molecule has 3 aromatic rings. The van der Waals surface area contributed by atoms with Crippen LogP contribution in [-0.4, -0.2) is 43.9 Å². The molecule has 2 heterocycles. The van der Waals surface area contributed by atoms with Crippen molar-refractivity contribution in [3.8, 4) is 0 Å². The first-order valence-corrected chi connectivity index (χ1v) is 11.2. The van der Waals surface area contributed by atoms with Crippen molar-refractivity contribution in [2.24, 2.45) is 0 Å². The molecule has 0 radical (unpaired) electrons. The summed E-state index contributed by atoms with van der Waals surface area (Å²) in [7, 11) is -2.38. The smallest absolute Gasteiger partial charge is 0.328 e. The number of nitrogens with zero attached hydrogens (tertiary/aromatic N) is 3. The third-order valence-electron chi connectivity index (χ3n) is 4.27. The molecule has 0 aliphatic carbocycles. The third-order valence-corrected chi connectivity index (χ3v) is 5.66. The number of aromatic amines is 1. The summed E-state index contributed by atoms with van der Waals surface area (Å²) >= 11 is 0. The molecule has 0 amide bonds. The summed E-state index contributed by atoms with van der Waals surface area (Å²) in [6.45, 7) is 4.87. The number of unbranched alkanes of at least 4 members (excludes halogenated alkanes) is 1. The minimum Gasteiger partial charge on any atom is -0.382 e. The first-order valence-electron chi connectivity index (χ1n) is 8.82. The monoisotopic (exact) mass is 388 g/mol. The highest BCUT2D eigenvalue weighted by atomic mass is 31.2. The molecular weight excluding hydrogens is 363 g/mol. The van der Waals surface area contributed by atoms with Crippen molar-refractivity contribution in [1.29, 1.82) is 0 Å². The zero-order valence-corrected chi connectivity index (χ0v) is 16.5. The van der Waals surface area contributed by atoms with Crippen LogP contribution >= 0.6 is 7.11 Å². The summed E-state index contributed by atoms with van der Waals surface area (Å²) in [6.07, 6.45) is 5.89. The van der Waals surface area contributed by atoms with Gasteiger partial charge in [0, 0.05) is 13.7 Å². The third kappa shape index (κ3) is 4.23. The van der Waals surface area contributed by atoms with E-state index in [1.165, 1.54) is 4.57 Å². The van der Waals surface area contributed by atoms with Gasteiger partial charge in [0.2, 0.25) is 5.95 Å². The minimum absolute atomic E-state index is 0.232. The van der Waals surface area contributed by atoms with Crippen LogP contribution in [-0.2, 0) is 6.54 Å². The van der Waals surface area contributed by atoms with E-state index >= 15 is 0 Å². The fourth-order valence-electron chi connectivity index (χ4n) is 2.79. The molecule has 144 valence electrons. The molecule has 9 heteroatoms. The van der Waals surface area contributed by atoms with Gasteiger partial charge < -0.3 is 20.9 Å². The van der Waals surface area contributed by atoms with Crippen LogP contribution in [0, 0.1) is 0 Å². The molecule has 2 aromatic heterocycles. The first kappa shape index (κ1) is 19.2. The summed E-state index contributed by atoms with van der Waals surface area (Å²) in [5.41, 5.74) is 7.45. The normalized spacial score (nSPS) is 13.6. The predicted molar refractivity (Wildman–Crippen MR) is 113 cm³/mol. The zero-order valence-electron chi connectivity index (χ0n) is 15.6. The molecule has 0 saturated carbocycles. The second-order valence-corrected chi connectivity index (χ2v) is 9.53. The Bertz CT molecular complexity index is 1070. The number of fused-ring (bicyclic) bond motifs is 1. The largest absolute Gasteiger partial charge is 0.382 e. The van der Waals surface area contributed by atoms with E-state index in [0.717, 1.165) is 30.3 Å². The van der Waals surface area contributed by atoms with Crippen molar-refractivity contribution in [2.45, 2.75) is 26.3 Å². The van der Waals surface area contributed by atoms with Crippen LogP contribution < -0.4 is 22.0 Å². The van der Waals surface area contributed by atoms with Gasteiger partial charge in [-0.15, -0.1) is 0 Å². The molecule has 0 fully saturated rings. The summed E-state index contributed by atoms with van der Waals surface area (Å²) in [4.78, 5) is 34.1. The maximum absolute atomic E-state index is 12.5. The van der Waals surface area contributed by atoms with Gasteiger partial charge >= 0.3 is 5.69 Å². The van der Waals surface area contributed by atoms with Crippen molar-refractivity contribution < 1.29 is 4.89 Å². The molecule has 27 heavy (non-hydrogen) atoms. The van der Waals surface area contributed by atoms with Crippen molar-refractivity contribution >= 4 is 41.6 Å². The van der Waals surface area contributed by atoms with E-state index in [1.54, 1.807) is 6.66 Å². The quantitative estimate of drug-likeness (QED) is 0.360. The Kier molecular flexibility index (Phi) is 5.39. The first-order chi connectivity index (χ1) is 12.8. The number of hydrogen-bond donors (Lipinski definition) is 4. The highest BCUT2D eigenvalue weighted by molar-refractivity contribution is 7.74. The van der Waals surface area contributed by atoms with Gasteiger partial charge in [-0.2, -0.15) is 9.97 Å². The number of rotatable bonds is 7. The van der Waals surface area contributed by atoms with Gasteiger partial charge in [0.25, 0.3) is 0 Å². The number of hydrogen-bond acceptors (Lipinski definition) is 6. The zero-order chi connectivity index (χ0) is 19.6. The topological polar surface area (TPSA) is 122 Å². The molecule has 5 N–H and O–H groups in total. The second kappa shape index (κ2) is 7.58. The standard InChI is InChI=1S/C18H25N6O2P/c1-4-5-9-20-17-22-15(19)14-16(23-17)24(18(25)21-14)11-12-7-6-8-13(10-12)27(2,3)26/h6-8,10,26H,2,4-5,9,11H2,1,3H3,(H,21,25)(H3,19,20,22,23). The molecule has 3 rings (SSSR count). The average molecular weight is 388 g/mol. The lowest BCUT2D eigenvalue weighted by Gasteiger charge is -2.13. The van der Waals surface area contributed by atoms with Crippen LogP contribution in [0.4, 0.5) is 11.8 Å². The molecule has 0 aliphatic rings. The summed E-state index contributed by atoms with van der Waals surface area (Å²) in [6, 6.07) is 7.47. The van der Waals surface area contributed by atoms with Gasteiger partial charge in [0.05, 0.1) is 6.54 Å². The lowest BCUT2D eigenvalue weighted by atomic mass is 10.2. The van der Waals surface area contributed by atoms with Gasteiger partial charge in [-0.05, 0) is 30.0 Å². The lowest BCUT2D eigenvalue weighted by molar-refractivity contribution is 0.637. The summed E-state index contributed by atoms with van der Waals surface area (Å²) in [5.74, 6) is 0.636. The maximum Gasteiger partial charge on any atom is 0.328 e. The Balaban J connectivity index is 2.00. The van der Waals surface area contributed by atoms with Gasteiger partial charge in [0.1, 0.15) is 5.52 Å². The molecule has 0 aliphatic heterocycles. The number of nitrogens with two attached hydrogens (primary N) is 1. The number of imidazole rings is 1. The number of aromatic nitrogens is 4. The van der Waals surface area contributed by atoms with E-state index in [1.807, 2.05) is 24.3 Å². The van der Waals surface area contributed by atoms with Gasteiger partial charge in [-0.25, -0.2) is 4.79 Å². The molecule has 1 unspecified atom stereocenters. The number of nitrogen functional groups attached to an aromatic ring is 1. The Labute approximate surface area is 157 Å². The Morgan fingerprint density at radius 1 is 1.41 bits per heavy atom. The van der Waals surface area contributed by atoms with Crippen molar-refractivity contribution in [3.63, 3.8) is 0 Å². The van der Waals surface area contributed by atoms with Crippen LogP contribution in [0.2, 0.25) is 0 Å². The van der Waals surface area contributed by atoms with E-state index in [-0.39, 0.29) is 11.5 Å². The average Bonchev–Trinajstić information content (AvgIpc) is 2.91. The maximum atomic E-state index is 12.5.